The molecule has 0 spiro atoms. The zero-order valence-electron chi connectivity index (χ0n) is 8.56. The Morgan fingerprint density at radius 3 is 1.40 bits per heavy atom. The second-order valence-electron chi connectivity index (χ2n) is 4.11. The molecule has 1 fully saturated rings. The van der Waals surface area contributed by atoms with Gasteiger partial charge in [-0.15, -0.1) is 0 Å². The first-order valence-electron chi connectivity index (χ1n) is 5.37. The van der Waals surface area contributed by atoms with Gasteiger partial charge >= 0.3 is 0 Å². The predicted molar refractivity (Wildman–Crippen MR) is 62.6 cm³/mol. The van der Waals surface area contributed by atoms with Crippen LogP contribution in [0.15, 0.2) is 60.7 Å². The highest BCUT2D eigenvalue weighted by Crippen LogP contribution is 2.52. The lowest BCUT2D eigenvalue weighted by Gasteiger charge is -2.15. The third kappa shape index (κ3) is 1.37. The summed E-state index contributed by atoms with van der Waals surface area (Å²) >= 11 is 0. The van der Waals surface area contributed by atoms with Gasteiger partial charge in [-0.05, 0) is 24.0 Å². The lowest BCUT2D eigenvalue weighted by atomic mass is 9.88. The van der Waals surface area contributed by atoms with Crippen LogP contribution in [0.25, 0.3) is 0 Å². The minimum atomic E-state index is 0.211. The van der Waals surface area contributed by atoms with Gasteiger partial charge in [0, 0.05) is 5.41 Å². The highest BCUT2D eigenvalue weighted by Gasteiger charge is 2.45. The molecule has 73 valence electrons. The zero-order valence-corrected chi connectivity index (χ0v) is 8.56. The van der Waals surface area contributed by atoms with Crippen molar-refractivity contribution in [3.63, 3.8) is 0 Å². The molecule has 0 bridgehead atoms. The molecule has 2 aromatic rings. The summed E-state index contributed by atoms with van der Waals surface area (Å²) in [6.45, 7) is 0. The zero-order chi connectivity index (χ0) is 10.1. The second kappa shape index (κ2) is 3.23. The second-order valence-corrected chi connectivity index (χ2v) is 4.11. The van der Waals surface area contributed by atoms with E-state index in [1.165, 1.54) is 17.5 Å². The molecule has 1 aliphatic carbocycles. The minimum Gasteiger partial charge on any atom is -0.0622 e. The van der Waals surface area contributed by atoms with E-state index in [1.807, 2.05) is 0 Å². The van der Waals surface area contributed by atoms with Gasteiger partial charge in [0.1, 0.15) is 0 Å². The van der Waals surface area contributed by atoms with Gasteiger partial charge < -0.3 is 0 Å². The topological polar surface area (TPSA) is 0 Å². The number of benzene rings is 2. The van der Waals surface area contributed by atoms with Crippen LogP contribution >= 0.6 is 0 Å². The number of hydrogen-bond donors (Lipinski definition) is 0. The maximum Gasteiger partial charge on any atom is 0.0237 e. The molecule has 0 N–H and O–H groups in total. The molecule has 15 heavy (non-hydrogen) atoms. The largest absolute Gasteiger partial charge is 0.0622 e. The summed E-state index contributed by atoms with van der Waals surface area (Å²) in [5.41, 5.74) is 3.04. The fourth-order valence-corrected chi connectivity index (χ4v) is 2.21. The first-order valence-corrected chi connectivity index (χ1v) is 5.37. The summed E-state index contributed by atoms with van der Waals surface area (Å²) in [5.74, 6) is 0. The molecule has 3 rings (SSSR count). The van der Waals surface area contributed by atoms with Crippen LogP contribution in [0.2, 0.25) is 0 Å². The van der Waals surface area contributed by atoms with E-state index in [2.05, 4.69) is 67.1 Å². The molecule has 0 aliphatic heterocycles. The summed E-state index contributed by atoms with van der Waals surface area (Å²) < 4.78 is 0. The van der Waals surface area contributed by atoms with Crippen LogP contribution in [-0.2, 0) is 5.41 Å². The molecule has 1 saturated carbocycles. The lowest BCUT2D eigenvalue weighted by Crippen LogP contribution is -2.07. The van der Waals surface area contributed by atoms with Crippen molar-refractivity contribution in [2.75, 3.05) is 0 Å². The number of hydrogen-bond acceptors (Lipinski definition) is 0. The maximum absolute atomic E-state index is 2.39. The van der Waals surface area contributed by atoms with E-state index < -0.39 is 0 Å². The van der Waals surface area contributed by atoms with Crippen LogP contribution in [0.3, 0.4) is 0 Å². The molecule has 0 aromatic heterocycles. The monoisotopic (exact) mass is 193 g/mol. The molecule has 0 atom stereocenters. The first-order chi connectivity index (χ1) is 7.42. The van der Waals surface area contributed by atoms with Crippen molar-refractivity contribution in [3.05, 3.63) is 78.2 Å². The summed E-state index contributed by atoms with van der Waals surface area (Å²) in [4.78, 5) is 0. The van der Waals surface area contributed by atoms with Gasteiger partial charge in [-0.2, -0.15) is 0 Å². The van der Waals surface area contributed by atoms with Crippen molar-refractivity contribution >= 4 is 0 Å². The van der Waals surface area contributed by atoms with Crippen LogP contribution in [0.1, 0.15) is 17.5 Å². The van der Waals surface area contributed by atoms with E-state index >= 15 is 0 Å². The van der Waals surface area contributed by atoms with Crippen molar-refractivity contribution in [1.82, 2.24) is 0 Å². The van der Waals surface area contributed by atoms with E-state index in [4.69, 9.17) is 0 Å². The summed E-state index contributed by atoms with van der Waals surface area (Å²) in [7, 11) is 0. The van der Waals surface area contributed by atoms with Crippen molar-refractivity contribution < 1.29 is 0 Å². The molecule has 0 heteroatoms. The van der Waals surface area contributed by atoms with Crippen LogP contribution in [0, 0.1) is 6.42 Å². The van der Waals surface area contributed by atoms with Gasteiger partial charge in [-0.3, -0.25) is 0 Å². The van der Waals surface area contributed by atoms with Crippen LogP contribution in [-0.4, -0.2) is 0 Å². The Kier molecular flexibility index (Phi) is 1.88. The predicted octanol–water partition coefficient (Wildman–Crippen LogP) is 3.58. The Labute approximate surface area is 90.6 Å². The summed E-state index contributed by atoms with van der Waals surface area (Å²) in [6.07, 6.45) is 3.55. The maximum atomic E-state index is 2.39. The SMILES string of the molecule is [CH]1CC1(c1ccccc1)c1ccccc1. The van der Waals surface area contributed by atoms with Crippen molar-refractivity contribution in [3.8, 4) is 0 Å². The molecule has 2 aromatic carbocycles. The Bertz CT molecular complexity index is 396. The van der Waals surface area contributed by atoms with Crippen molar-refractivity contribution in [2.45, 2.75) is 11.8 Å². The highest BCUT2D eigenvalue weighted by molar-refractivity contribution is 5.50. The molecule has 0 saturated heterocycles. The highest BCUT2D eigenvalue weighted by atomic mass is 14.5. The van der Waals surface area contributed by atoms with E-state index in [-0.39, 0.29) is 5.41 Å². The fourth-order valence-electron chi connectivity index (χ4n) is 2.21. The molecule has 0 nitrogen and oxygen atoms in total. The van der Waals surface area contributed by atoms with E-state index in [1.54, 1.807) is 0 Å². The average Bonchev–Trinajstić information content (AvgIpc) is 3.13. The van der Waals surface area contributed by atoms with Gasteiger partial charge in [-0.1, -0.05) is 60.7 Å². The molecular formula is C15H13. The Hall–Kier alpha value is -1.56. The van der Waals surface area contributed by atoms with Crippen molar-refractivity contribution in [1.29, 1.82) is 0 Å². The molecule has 1 aliphatic rings. The Balaban J connectivity index is 2.06. The van der Waals surface area contributed by atoms with E-state index in [0.717, 1.165) is 0 Å². The smallest absolute Gasteiger partial charge is 0.0237 e. The summed E-state index contributed by atoms with van der Waals surface area (Å²) in [5, 5.41) is 0. The molecule has 0 amide bonds. The Morgan fingerprint density at radius 1 is 0.667 bits per heavy atom. The minimum absolute atomic E-state index is 0.211. The number of rotatable bonds is 2. The Morgan fingerprint density at radius 2 is 1.07 bits per heavy atom. The van der Waals surface area contributed by atoms with Crippen LogP contribution in [0.4, 0.5) is 0 Å². The van der Waals surface area contributed by atoms with Crippen LogP contribution in [0.5, 0.6) is 0 Å². The lowest BCUT2D eigenvalue weighted by molar-refractivity contribution is 0.879. The first kappa shape index (κ1) is 8.72. The fraction of sp³-hybridized carbons (Fsp3) is 0.133. The van der Waals surface area contributed by atoms with Gasteiger partial charge in [0.2, 0.25) is 0 Å². The van der Waals surface area contributed by atoms with Gasteiger partial charge in [0.15, 0.2) is 0 Å². The quantitative estimate of drug-likeness (QED) is 0.683. The summed E-state index contributed by atoms with van der Waals surface area (Å²) in [6, 6.07) is 21.5. The normalized spacial score (nSPS) is 17.3. The molecule has 0 heterocycles. The molecule has 0 unspecified atom stereocenters. The van der Waals surface area contributed by atoms with Crippen LogP contribution < -0.4 is 0 Å². The standard InChI is InChI=1S/C15H13/c1-3-7-13(8-4-1)15(11-12-15)14-9-5-2-6-10-14/h1-11H,12H2. The third-order valence-corrected chi connectivity index (χ3v) is 3.19. The molecule has 1 radical (unpaired) electrons. The van der Waals surface area contributed by atoms with Gasteiger partial charge in [0.25, 0.3) is 0 Å². The average molecular weight is 193 g/mol. The molecular weight excluding hydrogens is 180 g/mol. The van der Waals surface area contributed by atoms with Crippen molar-refractivity contribution in [2.24, 2.45) is 0 Å². The van der Waals surface area contributed by atoms with E-state index in [9.17, 15) is 0 Å². The van der Waals surface area contributed by atoms with Gasteiger partial charge in [-0.25, -0.2) is 0 Å². The van der Waals surface area contributed by atoms with Gasteiger partial charge in [0.05, 0.1) is 0 Å². The third-order valence-electron chi connectivity index (χ3n) is 3.19. The van der Waals surface area contributed by atoms with E-state index in [0.29, 0.717) is 0 Å².